The lowest BCUT2D eigenvalue weighted by atomic mass is 10.0. The van der Waals surface area contributed by atoms with Crippen molar-refractivity contribution >= 4 is 0 Å². The zero-order valence-electron chi connectivity index (χ0n) is 11.0. The second-order valence-corrected chi connectivity index (χ2v) is 4.41. The van der Waals surface area contributed by atoms with Crippen molar-refractivity contribution in [3.05, 3.63) is 66.7 Å². The average Bonchev–Trinajstić information content (AvgIpc) is 3.01. The third-order valence-electron chi connectivity index (χ3n) is 3.15. The van der Waals surface area contributed by atoms with Crippen LogP contribution in [0.1, 0.15) is 0 Å². The highest BCUT2D eigenvalue weighted by molar-refractivity contribution is 5.71. The summed E-state index contributed by atoms with van der Waals surface area (Å²) in [5, 5.41) is 0. The third kappa shape index (κ3) is 2.30. The highest BCUT2D eigenvalue weighted by Crippen LogP contribution is 2.29. The summed E-state index contributed by atoms with van der Waals surface area (Å²) in [7, 11) is 1.45. The van der Waals surface area contributed by atoms with Gasteiger partial charge < -0.3 is 9.15 Å². The molecule has 0 radical (unpaired) electrons. The Bertz CT molecular complexity index is 718. The molecule has 0 fully saturated rings. The average molecular weight is 268 g/mol. The van der Waals surface area contributed by atoms with Crippen LogP contribution in [0, 0.1) is 5.82 Å². The van der Waals surface area contributed by atoms with Crippen molar-refractivity contribution in [3.63, 3.8) is 0 Å². The Morgan fingerprint density at radius 1 is 0.900 bits per heavy atom. The summed E-state index contributed by atoms with van der Waals surface area (Å²) in [4.78, 5) is 0. The quantitative estimate of drug-likeness (QED) is 0.683. The molecule has 20 heavy (non-hydrogen) atoms. The van der Waals surface area contributed by atoms with Gasteiger partial charge in [0.2, 0.25) is 0 Å². The topological polar surface area (TPSA) is 22.4 Å². The number of furan rings is 1. The normalized spacial score (nSPS) is 10.5. The fourth-order valence-corrected chi connectivity index (χ4v) is 2.14. The fourth-order valence-electron chi connectivity index (χ4n) is 2.14. The zero-order chi connectivity index (χ0) is 13.9. The van der Waals surface area contributed by atoms with Crippen molar-refractivity contribution in [2.24, 2.45) is 0 Å². The molecule has 0 atom stereocenters. The van der Waals surface area contributed by atoms with Crippen LogP contribution < -0.4 is 4.74 Å². The van der Waals surface area contributed by atoms with Crippen LogP contribution in [-0.4, -0.2) is 7.11 Å². The Labute approximate surface area is 116 Å². The molecule has 3 aromatic rings. The first-order valence-corrected chi connectivity index (χ1v) is 6.26. The minimum atomic E-state index is -0.367. The van der Waals surface area contributed by atoms with Crippen molar-refractivity contribution < 1.29 is 13.5 Å². The second-order valence-electron chi connectivity index (χ2n) is 4.41. The maximum atomic E-state index is 13.8. The number of ether oxygens (including phenoxy) is 1. The highest BCUT2D eigenvalue weighted by Gasteiger charge is 2.07. The van der Waals surface area contributed by atoms with Gasteiger partial charge in [0.15, 0.2) is 11.6 Å². The summed E-state index contributed by atoms with van der Waals surface area (Å²) in [5.41, 5.74) is 2.70. The smallest absolute Gasteiger partial charge is 0.165 e. The van der Waals surface area contributed by atoms with Crippen molar-refractivity contribution in [2.45, 2.75) is 0 Å². The van der Waals surface area contributed by atoms with Crippen molar-refractivity contribution in [3.8, 4) is 28.2 Å². The molecule has 0 saturated carbocycles. The minimum Gasteiger partial charge on any atom is -0.494 e. The molecule has 0 saturated heterocycles. The van der Waals surface area contributed by atoms with E-state index in [9.17, 15) is 4.39 Å². The lowest BCUT2D eigenvalue weighted by molar-refractivity contribution is 0.386. The van der Waals surface area contributed by atoms with E-state index in [4.69, 9.17) is 9.15 Å². The SMILES string of the molecule is COc1ccc(-c2cccc(-c3ccco3)c2)cc1F. The molecule has 0 aliphatic heterocycles. The predicted octanol–water partition coefficient (Wildman–Crippen LogP) is 4.76. The molecule has 0 N–H and O–H groups in total. The zero-order valence-corrected chi connectivity index (χ0v) is 11.0. The Balaban J connectivity index is 2.02. The van der Waals surface area contributed by atoms with E-state index in [0.717, 1.165) is 22.5 Å². The van der Waals surface area contributed by atoms with Crippen LogP contribution in [-0.2, 0) is 0 Å². The summed E-state index contributed by atoms with van der Waals surface area (Å²) in [5.74, 6) is 0.671. The molecule has 3 heteroatoms. The van der Waals surface area contributed by atoms with Gasteiger partial charge in [0.1, 0.15) is 5.76 Å². The van der Waals surface area contributed by atoms with Crippen LogP contribution in [0.25, 0.3) is 22.5 Å². The van der Waals surface area contributed by atoms with Crippen LogP contribution in [0.15, 0.2) is 65.3 Å². The number of methoxy groups -OCH3 is 1. The maximum Gasteiger partial charge on any atom is 0.165 e. The monoisotopic (exact) mass is 268 g/mol. The molecule has 3 rings (SSSR count). The van der Waals surface area contributed by atoms with Gasteiger partial charge in [-0.25, -0.2) is 4.39 Å². The van der Waals surface area contributed by atoms with Gasteiger partial charge in [0.05, 0.1) is 13.4 Å². The van der Waals surface area contributed by atoms with Crippen molar-refractivity contribution in [1.82, 2.24) is 0 Å². The first-order chi connectivity index (χ1) is 9.78. The molecule has 1 aromatic heterocycles. The molecule has 2 aromatic carbocycles. The lowest BCUT2D eigenvalue weighted by Crippen LogP contribution is -1.88. The lowest BCUT2D eigenvalue weighted by Gasteiger charge is -2.06. The Morgan fingerprint density at radius 3 is 2.40 bits per heavy atom. The van der Waals surface area contributed by atoms with Gasteiger partial charge in [0.25, 0.3) is 0 Å². The molecule has 1 heterocycles. The van der Waals surface area contributed by atoms with Crippen molar-refractivity contribution in [2.75, 3.05) is 7.11 Å². The van der Waals surface area contributed by atoms with Crippen LogP contribution in [0.4, 0.5) is 4.39 Å². The molecular formula is C17H13FO2. The molecular weight excluding hydrogens is 255 g/mol. The number of rotatable bonds is 3. The van der Waals surface area contributed by atoms with Gasteiger partial charge in [-0.05, 0) is 41.5 Å². The van der Waals surface area contributed by atoms with Gasteiger partial charge in [-0.2, -0.15) is 0 Å². The molecule has 0 aliphatic rings. The number of halogens is 1. The number of hydrogen-bond acceptors (Lipinski definition) is 2. The van der Waals surface area contributed by atoms with Gasteiger partial charge in [-0.15, -0.1) is 0 Å². The van der Waals surface area contributed by atoms with E-state index in [1.165, 1.54) is 13.2 Å². The Morgan fingerprint density at radius 2 is 1.70 bits per heavy atom. The van der Waals surface area contributed by atoms with E-state index in [0.29, 0.717) is 0 Å². The number of benzene rings is 2. The standard InChI is InChI=1S/C17H13FO2/c1-19-17-8-7-13(11-15(17)18)12-4-2-5-14(10-12)16-6-3-9-20-16/h2-11H,1H3. The van der Waals surface area contributed by atoms with E-state index in [1.807, 2.05) is 42.5 Å². The van der Waals surface area contributed by atoms with Crippen LogP contribution in [0.3, 0.4) is 0 Å². The van der Waals surface area contributed by atoms with E-state index >= 15 is 0 Å². The maximum absolute atomic E-state index is 13.8. The van der Waals surface area contributed by atoms with Crippen LogP contribution >= 0.6 is 0 Å². The van der Waals surface area contributed by atoms with E-state index in [-0.39, 0.29) is 11.6 Å². The summed E-state index contributed by atoms with van der Waals surface area (Å²) >= 11 is 0. The highest BCUT2D eigenvalue weighted by atomic mass is 19.1. The summed E-state index contributed by atoms with van der Waals surface area (Å²) < 4.78 is 24.1. The second kappa shape index (κ2) is 5.21. The van der Waals surface area contributed by atoms with Gasteiger partial charge in [-0.1, -0.05) is 24.3 Å². The minimum absolute atomic E-state index is 0.246. The summed E-state index contributed by atoms with van der Waals surface area (Å²) in [6.07, 6.45) is 1.63. The van der Waals surface area contributed by atoms with Gasteiger partial charge in [0, 0.05) is 5.56 Å². The van der Waals surface area contributed by atoms with E-state index in [1.54, 1.807) is 12.3 Å². The third-order valence-corrected chi connectivity index (χ3v) is 3.15. The fraction of sp³-hybridized carbons (Fsp3) is 0.0588. The molecule has 0 amide bonds. The molecule has 2 nitrogen and oxygen atoms in total. The first-order valence-electron chi connectivity index (χ1n) is 6.26. The van der Waals surface area contributed by atoms with E-state index in [2.05, 4.69) is 0 Å². The first kappa shape index (κ1) is 12.5. The molecule has 0 spiro atoms. The largest absolute Gasteiger partial charge is 0.494 e. The summed E-state index contributed by atoms with van der Waals surface area (Å²) in [6.45, 7) is 0. The van der Waals surface area contributed by atoms with Gasteiger partial charge >= 0.3 is 0 Å². The Kier molecular flexibility index (Phi) is 3.25. The molecule has 100 valence electrons. The molecule has 0 unspecified atom stereocenters. The van der Waals surface area contributed by atoms with E-state index < -0.39 is 0 Å². The molecule has 0 aliphatic carbocycles. The predicted molar refractivity (Wildman–Crippen MR) is 76.1 cm³/mol. The van der Waals surface area contributed by atoms with Gasteiger partial charge in [-0.3, -0.25) is 0 Å². The molecule has 0 bridgehead atoms. The Hall–Kier alpha value is -2.55. The summed E-state index contributed by atoms with van der Waals surface area (Å²) in [6, 6.07) is 16.5. The van der Waals surface area contributed by atoms with Crippen LogP contribution in [0.5, 0.6) is 5.75 Å². The van der Waals surface area contributed by atoms with Crippen molar-refractivity contribution in [1.29, 1.82) is 0 Å². The van der Waals surface area contributed by atoms with Crippen LogP contribution in [0.2, 0.25) is 0 Å². The number of hydrogen-bond donors (Lipinski definition) is 0.